The summed E-state index contributed by atoms with van der Waals surface area (Å²) in [6.45, 7) is 4.63. The first-order valence-electron chi connectivity index (χ1n) is 8.69. The molecule has 0 aromatic rings. The van der Waals surface area contributed by atoms with E-state index in [4.69, 9.17) is 10.2 Å². The van der Waals surface area contributed by atoms with E-state index in [0.717, 1.165) is 0 Å². The van der Waals surface area contributed by atoms with Crippen LogP contribution in [0.1, 0.15) is 52.9 Å². The number of amides is 1. The van der Waals surface area contributed by atoms with Crippen LogP contribution < -0.4 is 5.32 Å². The Morgan fingerprint density at radius 2 is 1.56 bits per heavy atom. The molecule has 3 N–H and O–H groups in total. The second-order valence-corrected chi connectivity index (χ2v) is 6.93. The smallest absolute Gasteiger partial charge is 0.304 e. The number of hydrogen-bond donors (Lipinski definition) is 3. The van der Waals surface area contributed by atoms with Gasteiger partial charge in [-0.15, -0.1) is 0 Å². The molecule has 0 radical (unpaired) electrons. The van der Waals surface area contributed by atoms with E-state index in [0.29, 0.717) is 6.29 Å². The van der Waals surface area contributed by atoms with Gasteiger partial charge in [0, 0.05) is 31.1 Å². The normalized spacial score (nSPS) is 14.1. The van der Waals surface area contributed by atoms with Gasteiger partial charge >= 0.3 is 11.9 Å². The maximum Gasteiger partial charge on any atom is 0.304 e. The average Bonchev–Trinajstić information content (AvgIpc) is 2.53. The summed E-state index contributed by atoms with van der Waals surface area (Å²) in [5, 5.41) is 20.1. The van der Waals surface area contributed by atoms with Gasteiger partial charge in [-0.3, -0.25) is 19.2 Å². The van der Waals surface area contributed by atoms with Crippen molar-refractivity contribution in [1.82, 2.24) is 5.32 Å². The van der Waals surface area contributed by atoms with Crippen molar-refractivity contribution >= 4 is 35.7 Å². The summed E-state index contributed by atoms with van der Waals surface area (Å²) in [6.07, 6.45) is -0.900. The third-order valence-corrected chi connectivity index (χ3v) is 4.02. The Morgan fingerprint density at radius 1 is 0.963 bits per heavy atom. The predicted octanol–water partition coefficient (Wildman–Crippen LogP) is 0.836. The lowest BCUT2D eigenvalue weighted by molar-refractivity contribution is -0.140. The standard InChI is InChI=1S/C18H27NO8/c1-10(2)17(14(22)7-12(9-20)8-16(25)26)19-18(27)13(6-11(3)21)4-5-15(23)24/h9-10,12-13,17H,4-8H2,1-3H3,(H,19,27)(H,23,24)(H,25,26)/t12-,13+,17-/m0/s1. The zero-order valence-corrected chi connectivity index (χ0v) is 15.8. The molecule has 0 spiro atoms. The van der Waals surface area contributed by atoms with Crippen molar-refractivity contribution < 1.29 is 39.0 Å². The van der Waals surface area contributed by atoms with Gasteiger partial charge in [-0.05, 0) is 19.3 Å². The van der Waals surface area contributed by atoms with Crippen molar-refractivity contribution in [3.63, 3.8) is 0 Å². The van der Waals surface area contributed by atoms with Crippen LogP contribution in [0.4, 0.5) is 0 Å². The van der Waals surface area contributed by atoms with E-state index in [1.54, 1.807) is 13.8 Å². The lowest BCUT2D eigenvalue weighted by Crippen LogP contribution is -2.47. The Kier molecular flexibility index (Phi) is 10.8. The van der Waals surface area contributed by atoms with E-state index in [1.807, 2.05) is 0 Å². The Hall–Kier alpha value is -2.58. The molecule has 0 aliphatic heterocycles. The van der Waals surface area contributed by atoms with Crippen molar-refractivity contribution in [2.24, 2.45) is 17.8 Å². The number of carbonyl (C=O) groups is 6. The summed E-state index contributed by atoms with van der Waals surface area (Å²) in [5.74, 6) is -5.90. The Bertz CT molecular complexity index is 584. The largest absolute Gasteiger partial charge is 0.481 e. The van der Waals surface area contributed by atoms with Crippen molar-refractivity contribution in [1.29, 1.82) is 0 Å². The first-order valence-corrected chi connectivity index (χ1v) is 8.69. The zero-order chi connectivity index (χ0) is 21.1. The molecule has 27 heavy (non-hydrogen) atoms. The molecule has 0 rings (SSSR count). The molecule has 0 fully saturated rings. The van der Waals surface area contributed by atoms with Crippen LogP contribution in [-0.2, 0) is 28.8 Å². The molecule has 0 aliphatic rings. The van der Waals surface area contributed by atoms with Crippen LogP contribution in [-0.4, -0.2) is 52.0 Å². The highest BCUT2D eigenvalue weighted by Gasteiger charge is 2.30. The molecule has 0 heterocycles. The molecule has 0 saturated carbocycles. The molecule has 0 saturated heterocycles. The number of hydrogen-bond acceptors (Lipinski definition) is 6. The highest BCUT2D eigenvalue weighted by molar-refractivity contribution is 5.93. The van der Waals surface area contributed by atoms with Crippen LogP contribution in [0.3, 0.4) is 0 Å². The van der Waals surface area contributed by atoms with Gasteiger partial charge in [0.1, 0.15) is 12.1 Å². The molecule has 152 valence electrons. The fourth-order valence-corrected chi connectivity index (χ4v) is 2.64. The molecule has 0 bridgehead atoms. The van der Waals surface area contributed by atoms with Gasteiger partial charge < -0.3 is 25.1 Å². The predicted molar refractivity (Wildman–Crippen MR) is 93.9 cm³/mol. The first-order chi connectivity index (χ1) is 12.5. The van der Waals surface area contributed by atoms with Crippen LogP contribution in [0.5, 0.6) is 0 Å². The topological polar surface area (TPSA) is 155 Å². The van der Waals surface area contributed by atoms with Gasteiger partial charge in [0.15, 0.2) is 5.78 Å². The average molecular weight is 385 g/mol. The van der Waals surface area contributed by atoms with E-state index in [2.05, 4.69) is 5.32 Å². The number of carboxylic acids is 2. The Balaban J connectivity index is 5.16. The summed E-state index contributed by atoms with van der Waals surface area (Å²) in [5.41, 5.74) is 0. The van der Waals surface area contributed by atoms with Gasteiger partial charge in [-0.1, -0.05) is 13.8 Å². The number of aldehydes is 1. The van der Waals surface area contributed by atoms with E-state index in [1.165, 1.54) is 6.92 Å². The Morgan fingerprint density at radius 3 is 1.96 bits per heavy atom. The van der Waals surface area contributed by atoms with Crippen molar-refractivity contribution in [3.8, 4) is 0 Å². The van der Waals surface area contributed by atoms with Gasteiger partial charge in [0.2, 0.25) is 5.91 Å². The van der Waals surface area contributed by atoms with E-state index >= 15 is 0 Å². The fourth-order valence-electron chi connectivity index (χ4n) is 2.64. The molecule has 3 atom stereocenters. The minimum Gasteiger partial charge on any atom is -0.481 e. The maximum atomic E-state index is 12.5. The highest BCUT2D eigenvalue weighted by atomic mass is 16.4. The summed E-state index contributed by atoms with van der Waals surface area (Å²) >= 11 is 0. The van der Waals surface area contributed by atoms with Crippen LogP contribution >= 0.6 is 0 Å². The summed E-state index contributed by atoms with van der Waals surface area (Å²) in [4.78, 5) is 68.7. The van der Waals surface area contributed by atoms with Gasteiger partial charge in [-0.2, -0.15) is 0 Å². The van der Waals surface area contributed by atoms with E-state index in [9.17, 15) is 28.8 Å². The fraction of sp³-hybridized carbons (Fsp3) is 0.667. The second kappa shape index (κ2) is 11.9. The number of nitrogens with one attached hydrogen (secondary N) is 1. The second-order valence-electron chi connectivity index (χ2n) is 6.93. The molecule has 9 nitrogen and oxygen atoms in total. The molecule has 0 aromatic heterocycles. The van der Waals surface area contributed by atoms with Gasteiger partial charge in [0.05, 0.1) is 12.5 Å². The van der Waals surface area contributed by atoms with Crippen molar-refractivity contribution in [2.75, 3.05) is 0 Å². The minimum atomic E-state index is -1.21. The number of Topliss-reactive ketones (excluding diaryl/α,β-unsaturated/α-hetero) is 2. The van der Waals surface area contributed by atoms with Crippen LogP contribution in [0.15, 0.2) is 0 Å². The molecule has 0 aromatic carbocycles. The quantitative estimate of drug-likeness (QED) is 0.371. The minimum absolute atomic E-state index is 0.0459. The first kappa shape index (κ1) is 24.4. The summed E-state index contributed by atoms with van der Waals surface area (Å²) < 4.78 is 0. The zero-order valence-electron chi connectivity index (χ0n) is 15.8. The number of aliphatic carboxylic acids is 2. The van der Waals surface area contributed by atoms with Gasteiger partial charge in [0.25, 0.3) is 0 Å². The third-order valence-electron chi connectivity index (χ3n) is 4.02. The summed E-state index contributed by atoms with van der Waals surface area (Å²) in [7, 11) is 0. The Labute approximate surface area is 157 Å². The molecular formula is C18H27NO8. The maximum absolute atomic E-state index is 12.5. The molecule has 0 aliphatic carbocycles. The van der Waals surface area contributed by atoms with E-state index in [-0.39, 0.29) is 37.4 Å². The number of carboxylic acid groups (broad SMARTS) is 2. The van der Waals surface area contributed by atoms with Crippen molar-refractivity contribution in [3.05, 3.63) is 0 Å². The lowest BCUT2D eigenvalue weighted by atomic mass is 9.90. The van der Waals surface area contributed by atoms with Crippen LogP contribution in [0, 0.1) is 17.8 Å². The van der Waals surface area contributed by atoms with E-state index < -0.39 is 47.9 Å². The van der Waals surface area contributed by atoms with Crippen LogP contribution in [0.2, 0.25) is 0 Å². The number of ketones is 2. The SMILES string of the molecule is CC(=O)C[C@@H](CCC(=O)O)C(=O)N[C@H](C(=O)C[C@H](C=O)CC(=O)O)C(C)C. The number of carbonyl (C=O) groups excluding carboxylic acids is 4. The monoisotopic (exact) mass is 385 g/mol. The van der Waals surface area contributed by atoms with Gasteiger partial charge in [-0.25, -0.2) is 0 Å². The molecule has 9 heteroatoms. The molecule has 0 unspecified atom stereocenters. The molecule has 1 amide bonds. The summed E-state index contributed by atoms with van der Waals surface area (Å²) in [6, 6.07) is -0.965. The molecular weight excluding hydrogens is 358 g/mol. The highest BCUT2D eigenvalue weighted by Crippen LogP contribution is 2.16. The third kappa shape index (κ3) is 10.2. The van der Waals surface area contributed by atoms with Crippen molar-refractivity contribution in [2.45, 2.75) is 58.9 Å². The number of rotatable bonds is 14. The van der Waals surface area contributed by atoms with Crippen LogP contribution in [0.25, 0.3) is 0 Å². The lowest BCUT2D eigenvalue weighted by Gasteiger charge is -2.25.